The molecule has 0 saturated carbocycles. The fraction of sp³-hybridized carbons (Fsp3) is 0.364. The number of rotatable bonds is 2. The van der Waals surface area contributed by atoms with Crippen molar-refractivity contribution in [1.82, 2.24) is 0 Å². The maximum absolute atomic E-state index is 8.66. The van der Waals surface area contributed by atoms with Crippen LogP contribution < -0.4 is 0 Å². The highest BCUT2D eigenvalue weighted by atomic mass is 79.9. The van der Waals surface area contributed by atoms with E-state index in [1.165, 1.54) is 11.1 Å². The lowest BCUT2D eigenvalue weighted by molar-refractivity contribution is 0.738. The van der Waals surface area contributed by atoms with E-state index in [-0.39, 0.29) is 5.92 Å². The van der Waals surface area contributed by atoms with Crippen LogP contribution in [0.4, 0.5) is 0 Å². The first kappa shape index (κ1) is 10.3. The molecule has 1 rings (SSSR count). The normalized spacial score (nSPS) is 12.2. The van der Waals surface area contributed by atoms with Crippen LogP contribution in [0.5, 0.6) is 0 Å². The molecule has 0 aliphatic carbocycles. The van der Waals surface area contributed by atoms with Gasteiger partial charge in [0.2, 0.25) is 0 Å². The molecule has 0 radical (unpaired) electrons. The van der Waals surface area contributed by atoms with Crippen molar-refractivity contribution in [2.75, 3.05) is 0 Å². The number of hydrogen-bond donors (Lipinski definition) is 0. The molecule has 0 fully saturated rings. The number of aryl methyl sites for hydroxylation is 1. The predicted molar refractivity (Wildman–Crippen MR) is 57.4 cm³/mol. The first-order valence-corrected chi connectivity index (χ1v) is 5.07. The van der Waals surface area contributed by atoms with Crippen LogP contribution in [0.25, 0.3) is 0 Å². The molecule has 0 aromatic heterocycles. The molecule has 1 unspecified atom stereocenters. The zero-order valence-electron chi connectivity index (χ0n) is 7.84. The quantitative estimate of drug-likeness (QED) is 0.773. The summed E-state index contributed by atoms with van der Waals surface area (Å²) in [4.78, 5) is 0. The minimum absolute atomic E-state index is 0.0922. The lowest BCUT2D eigenvalue weighted by atomic mass is 10.0. The van der Waals surface area contributed by atoms with E-state index in [1.54, 1.807) is 0 Å². The topological polar surface area (TPSA) is 23.8 Å². The Kier molecular flexibility index (Phi) is 3.50. The zero-order chi connectivity index (χ0) is 9.84. The van der Waals surface area contributed by atoms with Gasteiger partial charge in [-0.3, -0.25) is 0 Å². The van der Waals surface area contributed by atoms with Gasteiger partial charge in [-0.05, 0) is 37.5 Å². The van der Waals surface area contributed by atoms with Crippen LogP contribution in [0.2, 0.25) is 0 Å². The summed E-state index contributed by atoms with van der Waals surface area (Å²) in [5, 5.41) is 8.66. The fourth-order valence-corrected chi connectivity index (χ4v) is 1.59. The van der Waals surface area contributed by atoms with Crippen molar-refractivity contribution in [3.8, 4) is 6.07 Å². The molecule has 68 valence electrons. The maximum atomic E-state index is 8.66. The van der Waals surface area contributed by atoms with Crippen LogP contribution in [0, 0.1) is 24.2 Å². The number of hydrogen-bond acceptors (Lipinski definition) is 1. The average Bonchev–Trinajstić information content (AvgIpc) is 2.11. The van der Waals surface area contributed by atoms with E-state index >= 15 is 0 Å². The van der Waals surface area contributed by atoms with Gasteiger partial charge in [0.25, 0.3) is 0 Å². The van der Waals surface area contributed by atoms with E-state index in [9.17, 15) is 0 Å². The van der Waals surface area contributed by atoms with Crippen molar-refractivity contribution < 1.29 is 0 Å². The van der Waals surface area contributed by atoms with Gasteiger partial charge in [-0.1, -0.05) is 28.1 Å². The number of nitriles is 1. The van der Waals surface area contributed by atoms with Crippen LogP contribution >= 0.6 is 15.9 Å². The molecule has 0 aliphatic heterocycles. The fourth-order valence-electron chi connectivity index (χ4n) is 1.16. The Morgan fingerprint density at radius 3 is 2.77 bits per heavy atom. The average molecular weight is 238 g/mol. The van der Waals surface area contributed by atoms with Crippen molar-refractivity contribution in [3.63, 3.8) is 0 Å². The second kappa shape index (κ2) is 4.43. The molecule has 0 aliphatic rings. The van der Waals surface area contributed by atoms with Gasteiger partial charge in [-0.15, -0.1) is 0 Å². The third-order valence-corrected chi connectivity index (χ3v) is 2.85. The molecule has 2 heteroatoms. The van der Waals surface area contributed by atoms with Gasteiger partial charge in [0.15, 0.2) is 0 Å². The van der Waals surface area contributed by atoms with E-state index in [0.29, 0.717) is 0 Å². The lowest BCUT2D eigenvalue weighted by Crippen LogP contribution is -1.96. The molecule has 0 N–H and O–H groups in total. The molecule has 1 aromatic rings. The number of benzene rings is 1. The summed E-state index contributed by atoms with van der Waals surface area (Å²) in [7, 11) is 0. The molecule has 0 bridgehead atoms. The summed E-state index contributed by atoms with van der Waals surface area (Å²) in [6.45, 7) is 4.00. The molecular formula is C11H12BrN. The highest BCUT2D eigenvalue weighted by Crippen LogP contribution is 2.19. The van der Waals surface area contributed by atoms with Gasteiger partial charge in [0.1, 0.15) is 0 Å². The molecule has 0 saturated heterocycles. The van der Waals surface area contributed by atoms with Crippen molar-refractivity contribution in [1.29, 1.82) is 5.26 Å². The van der Waals surface area contributed by atoms with E-state index in [0.717, 1.165) is 10.9 Å². The van der Waals surface area contributed by atoms with Crippen molar-refractivity contribution in [2.45, 2.75) is 20.3 Å². The first-order chi connectivity index (χ1) is 6.13. The second-order valence-corrected chi connectivity index (χ2v) is 4.17. The number of halogens is 1. The maximum Gasteiger partial charge on any atom is 0.0656 e. The second-order valence-electron chi connectivity index (χ2n) is 3.32. The van der Waals surface area contributed by atoms with E-state index in [4.69, 9.17) is 5.26 Å². The molecule has 13 heavy (non-hydrogen) atoms. The van der Waals surface area contributed by atoms with Crippen LogP contribution in [0.15, 0.2) is 22.7 Å². The molecule has 0 spiro atoms. The highest BCUT2D eigenvalue weighted by Gasteiger charge is 2.02. The molecule has 0 amide bonds. The Bertz CT molecular complexity index is 338. The lowest BCUT2D eigenvalue weighted by Gasteiger charge is -2.04. The van der Waals surface area contributed by atoms with E-state index in [1.807, 2.05) is 6.92 Å². The first-order valence-electron chi connectivity index (χ1n) is 4.28. The van der Waals surface area contributed by atoms with Crippen LogP contribution in [0.3, 0.4) is 0 Å². The van der Waals surface area contributed by atoms with E-state index < -0.39 is 0 Å². The van der Waals surface area contributed by atoms with Crippen molar-refractivity contribution in [3.05, 3.63) is 33.8 Å². The monoisotopic (exact) mass is 237 g/mol. The summed E-state index contributed by atoms with van der Waals surface area (Å²) in [6.07, 6.45) is 0.829. The summed E-state index contributed by atoms with van der Waals surface area (Å²) in [6, 6.07) is 8.47. The van der Waals surface area contributed by atoms with Gasteiger partial charge >= 0.3 is 0 Å². The Labute approximate surface area is 87.5 Å². The third-order valence-electron chi connectivity index (χ3n) is 2.00. The Hall–Kier alpha value is -0.810. The van der Waals surface area contributed by atoms with E-state index in [2.05, 4.69) is 47.1 Å². The van der Waals surface area contributed by atoms with Crippen molar-refractivity contribution in [2.24, 2.45) is 5.92 Å². The highest BCUT2D eigenvalue weighted by molar-refractivity contribution is 9.10. The number of nitrogens with zero attached hydrogens (tertiary/aromatic N) is 1. The Balaban J connectivity index is 2.81. The van der Waals surface area contributed by atoms with Crippen LogP contribution in [0.1, 0.15) is 18.1 Å². The van der Waals surface area contributed by atoms with Gasteiger partial charge in [-0.2, -0.15) is 5.26 Å². The standard InChI is InChI=1S/C11H12BrN/c1-8(7-13)5-10-4-3-9(2)11(12)6-10/h3-4,6,8H,5H2,1-2H3. The molecule has 1 atom stereocenters. The molecule has 0 heterocycles. The van der Waals surface area contributed by atoms with Crippen molar-refractivity contribution >= 4 is 15.9 Å². The van der Waals surface area contributed by atoms with Crippen LogP contribution in [-0.2, 0) is 6.42 Å². The van der Waals surface area contributed by atoms with Gasteiger partial charge in [-0.25, -0.2) is 0 Å². The molecule has 1 aromatic carbocycles. The SMILES string of the molecule is Cc1ccc(CC(C)C#N)cc1Br. The summed E-state index contributed by atoms with van der Waals surface area (Å²) in [5.41, 5.74) is 2.44. The third kappa shape index (κ3) is 2.86. The smallest absolute Gasteiger partial charge is 0.0656 e. The Morgan fingerprint density at radius 2 is 2.23 bits per heavy atom. The van der Waals surface area contributed by atoms with Crippen LogP contribution in [-0.4, -0.2) is 0 Å². The zero-order valence-corrected chi connectivity index (χ0v) is 9.43. The molecular weight excluding hydrogens is 226 g/mol. The minimum atomic E-state index is 0.0922. The Morgan fingerprint density at radius 1 is 1.54 bits per heavy atom. The predicted octanol–water partition coefficient (Wildman–Crippen LogP) is 3.46. The summed E-state index contributed by atoms with van der Waals surface area (Å²) < 4.78 is 1.12. The summed E-state index contributed by atoms with van der Waals surface area (Å²) >= 11 is 3.47. The molecule has 1 nitrogen and oxygen atoms in total. The minimum Gasteiger partial charge on any atom is -0.198 e. The van der Waals surface area contributed by atoms with Gasteiger partial charge < -0.3 is 0 Å². The largest absolute Gasteiger partial charge is 0.198 e. The summed E-state index contributed by atoms with van der Waals surface area (Å²) in [5.74, 6) is 0.0922. The van der Waals surface area contributed by atoms with Gasteiger partial charge in [0, 0.05) is 10.4 Å². The van der Waals surface area contributed by atoms with Gasteiger partial charge in [0.05, 0.1) is 6.07 Å².